The summed E-state index contributed by atoms with van der Waals surface area (Å²) in [5.74, 6) is 1.95. The van der Waals surface area contributed by atoms with Crippen molar-refractivity contribution in [3.05, 3.63) is 17.7 Å². The van der Waals surface area contributed by atoms with Crippen LogP contribution in [0.25, 0.3) is 0 Å². The molecule has 0 radical (unpaired) electrons. The van der Waals surface area contributed by atoms with Crippen LogP contribution in [0, 0.1) is 0 Å². The number of rotatable bonds is 2. The highest BCUT2D eigenvalue weighted by Gasteiger charge is 2.27. The van der Waals surface area contributed by atoms with Crippen LogP contribution >= 0.6 is 0 Å². The molecule has 1 aromatic carbocycles. The zero-order valence-corrected chi connectivity index (χ0v) is 13.8. The first kappa shape index (κ1) is 16.3. The molecule has 1 aliphatic heterocycles. The number of hydrogen-bond acceptors (Lipinski definition) is 5. The van der Waals surface area contributed by atoms with Gasteiger partial charge in [-0.2, -0.15) is 0 Å². The Bertz CT molecular complexity index is 550. The van der Waals surface area contributed by atoms with Gasteiger partial charge in [0.2, 0.25) is 0 Å². The van der Waals surface area contributed by atoms with E-state index in [0.717, 1.165) is 5.56 Å². The second-order valence-corrected chi connectivity index (χ2v) is 6.06. The zero-order chi connectivity index (χ0) is 16.3. The van der Waals surface area contributed by atoms with E-state index >= 15 is 0 Å². The van der Waals surface area contributed by atoms with Crippen LogP contribution in [0.2, 0.25) is 0 Å². The van der Waals surface area contributed by atoms with Crippen LogP contribution in [0.3, 0.4) is 0 Å². The van der Waals surface area contributed by atoms with Gasteiger partial charge in [-0.05, 0) is 20.8 Å². The molecule has 0 saturated carbocycles. The first-order valence-corrected chi connectivity index (χ1v) is 7.19. The predicted octanol–water partition coefficient (Wildman–Crippen LogP) is 2.83. The molecule has 2 rings (SSSR count). The van der Waals surface area contributed by atoms with E-state index in [-0.39, 0.29) is 6.09 Å². The molecule has 6 nitrogen and oxygen atoms in total. The number of amides is 1. The number of nitrogens with zero attached hydrogens (tertiary/aromatic N) is 1. The summed E-state index contributed by atoms with van der Waals surface area (Å²) in [6, 6.07) is 3.58. The molecule has 0 fully saturated rings. The quantitative estimate of drug-likeness (QED) is 0.841. The first-order valence-electron chi connectivity index (χ1n) is 7.19. The van der Waals surface area contributed by atoms with Gasteiger partial charge >= 0.3 is 6.09 Å². The van der Waals surface area contributed by atoms with E-state index in [9.17, 15) is 4.79 Å². The Balaban J connectivity index is 2.28. The SMILES string of the molecule is COc1cc(OC)c2c(c1)OCCN(C(=O)OC(C)(C)C)C2. The number of fused-ring (bicyclic) bond motifs is 1. The largest absolute Gasteiger partial charge is 0.496 e. The Hall–Kier alpha value is -2.11. The van der Waals surface area contributed by atoms with E-state index in [1.807, 2.05) is 20.8 Å². The molecule has 0 spiro atoms. The van der Waals surface area contributed by atoms with E-state index in [1.165, 1.54) is 0 Å². The summed E-state index contributed by atoms with van der Waals surface area (Å²) in [6.07, 6.45) is -0.359. The highest BCUT2D eigenvalue weighted by atomic mass is 16.6. The van der Waals surface area contributed by atoms with Gasteiger partial charge in [0.15, 0.2) is 0 Å². The molecule has 0 bridgehead atoms. The lowest BCUT2D eigenvalue weighted by atomic mass is 10.1. The van der Waals surface area contributed by atoms with E-state index in [4.69, 9.17) is 18.9 Å². The lowest BCUT2D eigenvalue weighted by molar-refractivity contribution is 0.0225. The zero-order valence-electron chi connectivity index (χ0n) is 13.8. The van der Waals surface area contributed by atoms with Crippen LogP contribution < -0.4 is 14.2 Å². The van der Waals surface area contributed by atoms with E-state index < -0.39 is 5.60 Å². The van der Waals surface area contributed by atoms with Gasteiger partial charge in [-0.15, -0.1) is 0 Å². The number of ether oxygens (including phenoxy) is 4. The lowest BCUT2D eigenvalue weighted by Gasteiger charge is -2.26. The predicted molar refractivity (Wildman–Crippen MR) is 81.7 cm³/mol. The molecule has 22 heavy (non-hydrogen) atoms. The molecule has 0 N–H and O–H groups in total. The van der Waals surface area contributed by atoms with E-state index in [0.29, 0.717) is 36.9 Å². The molecular weight excluding hydrogens is 286 g/mol. The number of methoxy groups -OCH3 is 2. The van der Waals surface area contributed by atoms with Crippen molar-refractivity contribution in [3.8, 4) is 17.2 Å². The van der Waals surface area contributed by atoms with Crippen LogP contribution in [0.15, 0.2) is 12.1 Å². The number of carbonyl (C=O) groups excluding carboxylic acids is 1. The Morgan fingerprint density at radius 2 is 1.95 bits per heavy atom. The maximum absolute atomic E-state index is 12.3. The van der Waals surface area contributed by atoms with Crippen molar-refractivity contribution in [2.24, 2.45) is 0 Å². The molecule has 1 heterocycles. The van der Waals surface area contributed by atoms with Gasteiger partial charge < -0.3 is 23.8 Å². The average molecular weight is 309 g/mol. The fraction of sp³-hybridized carbons (Fsp3) is 0.562. The van der Waals surface area contributed by atoms with Gasteiger partial charge in [-0.25, -0.2) is 4.79 Å². The third-order valence-corrected chi connectivity index (χ3v) is 3.22. The summed E-state index contributed by atoms with van der Waals surface area (Å²) < 4.78 is 21.8. The molecule has 0 aliphatic carbocycles. The topological polar surface area (TPSA) is 57.2 Å². The van der Waals surface area contributed by atoms with Gasteiger partial charge in [0.05, 0.1) is 32.9 Å². The minimum absolute atomic E-state index is 0.359. The van der Waals surface area contributed by atoms with Crippen molar-refractivity contribution in [1.82, 2.24) is 4.90 Å². The molecule has 1 amide bonds. The fourth-order valence-electron chi connectivity index (χ4n) is 2.20. The van der Waals surface area contributed by atoms with Gasteiger partial charge in [-0.1, -0.05) is 0 Å². The Morgan fingerprint density at radius 1 is 1.23 bits per heavy atom. The van der Waals surface area contributed by atoms with Gasteiger partial charge in [0.25, 0.3) is 0 Å². The van der Waals surface area contributed by atoms with Gasteiger partial charge in [-0.3, -0.25) is 0 Å². The third-order valence-electron chi connectivity index (χ3n) is 3.22. The standard InChI is InChI=1S/C16H23NO5/c1-16(2,3)22-15(18)17-6-7-21-14-9-11(19-4)8-13(20-5)12(14)10-17/h8-9H,6-7,10H2,1-5H3. The third kappa shape index (κ3) is 3.75. The highest BCUT2D eigenvalue weighted by molar-refractivity contribution is 5.69. The Labute approximate surface area is 130 Å². The molecule has 0 unspecified atom stereocenters. The molecule has 1 aliphatic rings. The molecule has 0 saturated heterocycles. The fourth-order valence-corrected chi connectivity index (χ4v) is 2.20. The molecule has 0 atom stereocenters. The van der Waals surface area contributed by atoms with Crippen LogP contribution in [-0.4, -0.2) is 44.0 Å². The average Bonchev–Trinajstić information content (AvgIpc) is 2.66. The van der Waals surface area contributed by atoms with Gasteiger partial charge in [0, 0.05) is 12.1 Å². The molecule has 122 valence electrons. The van der Waals surface area contributed by atoms with Crippen molar-refractivity contribution in [2.75, 3.05) is 27.4 Å². The molecule has 1 aromatic rings. The van der Waals surface area contributed by atoms with Crippen molar-refractivity contribution < 1.29 is 23.7 Å². The normalized spacial score (nSPS) is 14.5. The van der Waals surface area contributed by atoms with E-state index in [2.05, 4.69) is 0 Å². The lowest BCUT2D eigenvalue weighted by Crippen LogP contribution is -2.37. The van der Waals surface area contributed by atoms with Crippen LogP contribution in [0.1, 0.15) is 26.3 Å². The van der Waals surface area contributed by atoms with Crippen molar-refractivity contribution in [2.45, 2.75) is 32.9 Å². The number of carbonyl (C=O) groups is 1. The molecule has 0 aromatic heterocycles. The monoisotopic (exact) mass is 309 g/mol. The van der Waals surface area contributed by atoms with Crippen molar-refractivity contribution in [1.29, 1.82) is 0 Å². The summed E-state index contributed by atoms with van der Waals surface area (Å²) in [4.78, 5) is 13.9. The minimum Gasteiger partial charge on any atom is -0.496 e. The van der Waals surface area contributed by atoms with Crippen molar-refractivity contribution in [3.63, 3.8) is 0 Å². The summed E-state index contributed by atoms with van der Waals surface area (Å²) in [5.41, 5.74) is 0.281. The minimum atomic E-state index is -0.531. The second kappa shape index (κ2) is 6.34. The second-order valence-electron chi connectivity index (χ2n) is 6.06. The van der Waals surface area contributed by atoms with Gasteiger partial charge in [0.1, 0.15) is 29.5 Å². The Morgan fingerprint density at radius 3 is 2.55 bits per heavy atom. The molecule has 6 heteroatoms. The highest BCUT2D eigenvalue weighted by Crippen LogP contribution is 2.36. The maximum Gasteiger partial charge on any atom is 0.410 e. The van der Waals surface area contributed by atoms with Crippen molar-refractivity contribution >= 4 is 6.09 Å². The van der Waals surface area contributed by atoms with E-state index in [1.54, 1.807) is 31.3 Å². The van der Waals surface area contributed by atoms with Crippen LogP contribution in [0.4, 0.5) is 4.79 Å². The summed E-state index contributed by atoms with van der Waals surface area (Å²) in [5, 5.41) is 0. The maximum atomic E-state index is 12.3. The summed E-state index contributed by atoms with van der Waals surface area (Å²) in [7, 11) is 3.17. The summed E-state index contributed by atoms with van der Waals surface area (Å²) in [6.45, 7) is 6.75. The number of hydrogen-bond donors (Lipinski definition) is 0. The first-order chi connectivity index (χ1) is 10.3. The molecular formula is C16H23NO5. The summed E-state index contributed by atoms with van der Waals surface area (Å²) >= 11 is 0. The van der Waals surface area contributed by atoms with Crippen LogP contribution in [0.5, 0.6) is 17.2 Å². The smallest absolute Gasteiger partial charge is 0.410 e. The Kier molecular flexibility index (Phi) is 4.68. The van der Waals surface area contributed by atoms with Crippen LogP contribution in [-0.2, 0) is 11.3 Å². The number of benzene rings is 1.